The maximum Gasteiger partial charge on any atom is 0.305 e. The summed E-state index contributed by atoms with van der Waals surface area (Å²) in [5.74, 6) is -3.03. The number of carboxylic acids is 3. The first kappa shape index (κ1) is 36.7. The summed E-state index contributed by atoms with van der Waals surface area (Å²) >= 11 is 0. The largest absolute Gasteiger partial charge is 2.00 e. The van der Waals surface area contributed by atoms with Gasteiger partial charge in [0.05, 0.1) is 64.4 Å². The van der Waals surface area contributed by atoms with Crippen LogP contribution in [0.5, 0.6) is 0 Å². The number of hydrogen-bond acceptors (Lipinski definition) is 8. The van der Waals surface area contributed by atoms with Crippen molar-refractivity contribution in [2.45, 2.75) is 24.8 Å². The first-order valence-corrected chi connectivity index (χ1v) is 6.93. The van der Waals surface area contributed by atoms with Crippen molar-refractivity contribution in [2.24, 2.45) is 5.73 Å². The number of carbonyl (C=O) groups is 3. The standard InChI is InChI=1S/C13H23NO9.2H2O.O.W/c14-13(7-21-4-1-10(15)16,8-22-5-2-11(17)18)9-23-6-3-12(19)20;;;;/h1-9,14H2,(H,15,16)(H,17,18)(H,19,20);2*1H2;;/q;;;-2;/p-1. The summed E-state index contributed by atoms with van der Waals surface area (Å²) in [4.78, 5) is 31.2. The molecule has 0 rings (SSSR count). The molecule has 0 spiro atoms. The fraction of sp³-hybridized carbons (Fsp3) is 0.769. The van der Waals surface area contributed by atoms with E-state index in [1.165, 1.54) is 0 Å². The molecule has 0 heterocycles. The Balaban J connectivity index is -0.000000403. The van der Waals surface area contributed by atoms with E-state index in [-0.39, 0.29) is 96.4 Å². The number of nitrogens with two attached hydrogens (primary N) is 1. The van der Waals surface area contributed by atoms with Crippen LogP contribution < -0.4 is 5.73 Å². The summed E-state index contributed by atoms with van der Waals surface area (Å²) in [5, 5.41) is 25.6. The van der Waals surface area contributed by atoms with Crippen molar-refractivity contribution >= 4 is 17.9 Å². The van der Waals surface area contributed by atoms with Crippen molar-refractivity contribution in [3.05, 3.63) is 0 Å². The molecule has 164 valence electrons. The van der Waals surface area contributed by atoms with Crippen molar-refractivity contribution in [1.82, 2.24) is 0 Å². The van der Waals surface area contributed by atoms with Gasteiger partial charge in [0.15, 0.2) is 0 Å². The van der Waals surface area contributed by atoms with Gasteiger partial charge in [0, 0.05) is 21.1 Å². The SMILES string of the molecule is NC(COCCC(=O)O)(COCCC(=O)O)COCCC(=O)O.O.[O-2].[OH-].[W]. The Labute approximate surface area is 169 Å². The normalized spacial score (nSPS) is 9.67. The summed E-state index contributed by atoms with van der Waals surface area (Å²) in [6.07, 6.45) is -0.554. The molecule has 0 bridgehead atoms. The second-order valence-electron chi connectivity index (χ2n) is 4.95. The summed E-state index contributed by atoms with van der Waals surface area (Å²) in [6.45, 7) is -0.336. The molecule has 27 heavy (non-hydrogen) atoms. The topological polar surface area (TPSA) is 256 Å². The summed E-state index contributed by atoms with van der Waals surface area (Å²) in [6, 6.07) is 0. The van der Waals surface area contributed by atoms with Gasteiger partial charge < -0.3 is 51.7 Å². The van der Waals surface area contributed by atoms with Crippen LogP contribution >= 0.6 is 0 Å². The van der Waals surface area contributed by atoms with Gasteiger partial charge in [-0.05, 0) is 0 Å². The quantitative estimate of drug-likeness (QED) is 0.157. The van der Waals surface area contributed by atoms with Crippen LogP contribution in [0.3, 0.4) is 0 Å². The molecule has 0 atom stereocenters. The Morgan fingerprint density at radius 3 is 1.15 bits per heavy atom. The number of rotatable bonds is 15. The van der Waals surface area contributed by atoms with Crippen molar-refractivity contribution in [1.29, 1.82) is 0 Å². The second-order valence-corrected chi connectivity index (χ2v) is 4.95. The van der Waals surface area contributed by atoms with E-state index < -0.39 is 23.4 Å². The van der Waals surface area contributed by atoms with Crippen molar-refractivity contribution < 1.29 is 81.4 Å². The van der Waals surface area contributed by atoms with Gasteiger partial charge in [-0.2, -0.15) is 0 Å². The second kappa shape index (κ2) is 21.1. The molecule has 0 aliphatic heterocycles. The average Bonchev–Trinajstić information content (AvgIpc) is 2.44. The maximum absolute atomic E-state index is 10.4. The van der Waals surface area contributed by atoms with Gasteiger partial charge >= 0.3 is 17.9 Å². The fourth-order valence-corrected chi connectivity index (χ4v) is 1.43. The summed E-state index contributed by atoms with van der Waals surface area (Å²) in [5.41, 5.74) is 4.90. The van der Waals surface area contributed by atoms with Crippen LogP contribution in [-0.4, -0.2) is 89.4 Å². The smallest absolute Gasteiger partial charge is 0.305 e. The van der Waals surface area contributed by atoms with Crippen LogP contribution in [0.4, 0.5) is 0 Å². The van der Waals surface area contributed by atoms with Gasteiger partial charge in [-0.1, -0.05) is 0 Å². The molecule has 0 aromatic carbocycles. The minimum atomic E-state index is -1.13. The Hall–Kier alpha value is -1.18. The molecule has 0 radical (unpaired) electrons. The van der Waals surface area contributed by atoms with Crippen molar-refractivity contribution in [3.8, 4) is 0 Å². The Bertz CT molecular complexity index is 340. The molecule has 0 saturated heterocycles. The van der Waals surface area contributed by atoms with Crippen LogP contribution in [0.25, 0.3) is 0 Å². The van der Waals surface area contributed by atoms with E-state index in [9.17, 15) is 14.4 Å². The fourth-order valence-electron chi connectivity index (χ4n) is 1.43. The molecular weight excluding hydrogens is 546 g/mol. The average molecular weight is 572 g/mol. The van der Waals surface area contributed by atoms with Gasteiger partial charge in [0.1, 0.15) is 0 Å². The Kier molecular flexibility index (Phi) is 28.7. The van der Waals surface area contributed by atoms with E-state index in [1.807, 2.05) is 0 Å². The van der Waals surface area contributed by atoms with Crippen molar-refractivity contribution in [3.63, 3.8) is 0 Å². The van der Waals surface area contributed by atoms with Crippen LogP contribution in [0.2, 0.25) is 0 Å². The van der Waals surface area contributed by atoms with E-state index in [0.29, 0.717) is 0 Å². The third-order valence-corrected chi connectivity index (χ3v) is 2.55. The molecule has 0 unspecified atom stereocenters. The minimum Gasteiger partial charge on any atom is -2.00 e. The predicted molar refractivity (Wildman–Crippen MR) is 82.4 cm³/mol. The predicted octanol–water partition coefficient (Wildman–Crippen LogP) is -1.96. The molecule has 0 fully saturated rings. The molecule has 0 aliphatic rings. The monoisotopic (exact) mass is 572 g/mol. The van der Waals surface area contributed by atoms with Gasteiger partial charge in [-0.3, -0.25) is 14.4 Å². The van der Waals surface area contributed by atoms with Gasteiger partial charge in [0.25, 0.3) is 0 Å². The van der Waals surface area contributed by atoms with Crippen LogP contribution in [-0.2, 0) is 55.1 Å². The van der Waals surface area contributed by atoms with E-state index in [2.05, 4.69) is 0 Å². The van der Waals surface area contributed by atoms with Gasteiger partial charge in [-0.25, -0.2) is 0 Å². The Morgan fingerprint density at radius 1 is 0.741 bits per heavy atom. The zero-order chi connectivity index (χ0) is 17.7. The summed E-state index contributed by atoms with van der Waals surface area (Å²) < 4.78 is 15.5. The molecule has 8 N–H and O–H groups in total. The zero-order valence-electron chi connectivity index (χ0n) is 14.5. The molecule has 0 amide bonds. The number of hydrogen-bond donors (Lipinski definition) is 4. The molecule has 14 heteroatoms. The van der Waals surface area contributed by atoms with Crippen LogP contribution in [0.1, 0.15) is 19.3 Å². The van der Waals surface area contributed by atoms with Gasteiger partial charge in [0.2, 0.25) is 0 Å². The van der Waals surface area contributed by atoms with E-state index >= 15 is 0 Å². The molecule has 0 aliphatic carbocycles. The molecule has 0 aromatic rings. The van der Waals surface area contributed by atoms with E-state index in [1.54, 1.807) is 0 Å². The van der Waals surface area contributed by atoms with Gasteiger partial charge in [-0.15, -0.1) is 0 Å². The Morgan fingerprint density at radius 2 is 0.963 bits per heavy atom. The van der Waals surface area contributed by atoms with E-state index in [4.69, 9.17) is 35.3 Å². The van der Waals surface area contributed by atoms with Crippen LogP contribution in [0, 0.1) is 0 Å². The molecule has 0 aromatic heterocycles. The third-order valence-electron chi connectivity index (χ3n) is 2.55. The number of carboxylic acid groups (broad SMARTS) is 3. The van der Waals surface area contributed by atoms with Crippen LogP contribution in [0.15, 0.2) is 0 Å². The molecule has 13 nitrogen and oxygen atoms in total. The number of ether oxygens (including phenoxy) is 3. The molecular formula is C13H26NO12W-3. The number of aliphatic carboxylic acids is 3. The van der Waals surface area contributed by atoms with Crippen molar-refractivity contribution in [2.75, 3.05) is 39.6 Å². The molecule has 0 saturated carbocycles. The zero-order valence-corrected chi connectivity index (χ0v) is 17.4. The summed E-state index contributed by atoms with van der Waals surface area (Å²) in [7, 11) is 0. The minimum absolute atomic E-state index is 0. The first-order chi connectivity index (χ1) is 10.7. The maximum atomic E-state index is 10.4. The van der Waals surface area contributed by atoms with E-state index in [0.717, 1.165) is 0 Å². The first-order valence-electron chi connectivity index (χ1n) is 6.93. The third kappa shape index (κ3) is 24.8.